The zero-order chi connectivity index (χ0) is 23.5. The van der Waals surface area contributed by atoms with Crippen molar-refractivity contribution in [2.24, 2.45) is 0 Å². The van der Waals surface area contributed by atoms with Gasteiger partial charge in [-0.25, -0.2) is 4.98 Å². The van der Waals surface area contributed by atoms with Crippen LogP contribution in [0.2, 0.25) is 0 Å². The van der Waals surface area contributed by atoms with E-state index < -0.39 is 0 Å². The molecule has 2 aliphatic rings. The van der Waals surface area contributed by atoms with E-state index >= 15 is 0 Å². The summed E-state index contributed by atoms with van der Waals surface area (Å²) < 4.78 is 2.27. The summed E-state index contributed by atoms with van der Waals surface area (Å²) in [5.74, 6) is 0.793. The van der Waals surface area contributed by atoms with Crippen LogP contribution >= 0.6 is 0 Å². The summed E-state index contributed by atoms with van der Waals surface area (Å²) >= 11 is 0. The molecule has 0 spiro atoms. The van der Waals surface area contributed by atoms with E-state index in [-0.39, 0.29) is 5.91 Å². The van der Waals surface area contributed by atoms with Crippen LogP contribution in [-0.4, -0.2) is 53.1 Å². The summed E-state index contributed by atoms with van der Waals surface area (Å²) in [4.78, 5) is 23.2. The Morgan fingerprint density at radius 1 is 0.971 bits per heavy atom. The van der Waals surface area contributed by atoms with Crippen molar-refractivity contribution in [2.75, 3.05) is 42.9 Å². The van der Waals surface area contributed by atoms with E-state index in [9.17, 15) is 4.79 Å². The number of aryl methyl sites for hydroxylation is 1. The molecule has 6 nitrogen and oxygen atoms in total. The van der Waals surface area contributed by atoms with Crippen molar-refractivity contribution in [3.8, 4) is 11.4 Å². The number of likely N-dealkylation sites (N-methyl/N-ethyl adjacent to an activating group) is 1. The van der Waals surface area contributed by atoms with Gasteiger partial charge in [-0.15, -0.1) is 0 Å². The monoisotopic (exact) mass is 457 g/mol. The Labute approximate surface area is 202 Å². The third-order valence-electron chi connectivity index (χ3n) is 7.26. The molecule has 2 aliphatic heterocycles. The molecule has 34 heavy (non-hydrogen) atoms. The summed E-state index contributed by atoms with van der Waals surface area (Å²) in [5.41, 5.74) is 5.87. The van der Waals surface area contributed by atoms with E-state index in [4.69, 9.17) is 4.98 Å². The zero-order valence-corrected chi connectivity index (χ0v) is 20.4. The van der Waals surface area contributed by atoms with Crippen molar-refractivity contribution in [1.82, 2.24) is 14.5 Å². The highest BCUT2D eigenvalue weighted by atomic mass is 16.1. The van der Waals surface area contributed by atoms with E-state index in [0.717, 1.165) is 86.9 Å². The molecule has 3 aromatic rings. The number of anilines is 2. The van der Waals surface area contributed by atoms with Crippen LogP contribution in [0.5, 0.6) is 0 Å². The highest BCUT2D eigenvalue weighted by molar-refractivity contribution is 6.04. The van der Waals surface area contributed by atoms with Gasteiger partial charge in [0.1, 0.15) is 11.5 Å². The van der Waals surface area contributed by atoms with Crippen molar-refractivity contribution >= 4 is 17.3 Å². The van der Waals surface area contributed by atoms with E-state index in [0.29, 0.717) is 5.69 Å². The average Bonchev–Trinajstić information content (AvgIpc) is 3.06. The van der Waals surface area contributed by atoms with Crippen molar-refractivity contribution < 1.29 is 4.79 Å². The minimum Gasteiger partial charge on any atom is -0.369 e. The maximum atomic E-state index is 13.4. The first-order valence-electron chi connectivity index (χ1n) is 12.7. The number of hydrogen-bond acceptors (Lipinski definition) is 4. The fraction of sp³-hybridized carbons (Fsp3) is 0.429. The summed E-state index contributed by atoms with van der Waals surface area (Å²) in [6.07, 6.45) is 4.30. The minimum atomic E-state index is -0.111. The molecule has 1 fully saturated rings. The van der Waals surface area contributed by atoms with E-state index in [1.165, 1.54) is 12.1 Å². The fourth-order valence-corrected chi connectivity index (χ4v) is 5.20. The number of piperazine rings is 1. The lowest BCUT2D eigenvalue weighted by atomic mass is 10.1. The molecule has 5 rings (SSSR count). The van der Waals surface area contributed by atoms with Crippen LogP contribution in [0.25, 0.3) is 11.4 Å². The quantitative estimate of drug-likeness (QED) is 0.587. The minimum absolute atomic E-state index is 0.111. The van der Waals surface area contributed by atoms with Crippen LogP contribution in [-0.2, 0) is 13.0 Å². The number of carbonyl (C=O) groups excluding carboxylic acids is 1. The number of fused-ring (bicyclic) bond motifs is 1. The highest BCUT2D eigenvalue weighted by Gasteiger charge is 2.25. The smallest absolute Gasteiger partial charge is 0.276 e. The van der Waals surface area contributed by atoms with Gasteiger partial charge >= 0.3 is 0 Å². The van der Waals surface area contributed by atoms with Gasteiger partial charge in [0.25, 0.3) is 5.91 Å². The first-order valence-corrected chi connectivity index (χ1v) is 12.7. The zero-order valence-electron chi connectivity index (χ0n) is 20.4. The molecule has 0 atom stereocenters. The van der Waals surface area contributed by atoms with Crippen molar-refractivity contribution in [3.05, 3.63) is 65.5 Å². The number of imidazole rings is 1. The first-order chi connectivity index (χ1) is 16.6. The van der Waals surface area contributed by atoms with Crippen LogP contribution in [0.4, 0.5) is 11.4 Å². The Hall–Kier alpha value is -3.12. The molecule has 178 valence electrons. The molecule has 6 heteroatoms. The molecule has 0 unspecified atom stereocenters. The van der Waals surface area contributed by atoms with Gasteiger partial charge in [0.15, 0.2) is 0 Å². The Morgan fingerprint density at radius 2 is 1.76 bits per heavy atom. The van der Waals surface area contributed by atoms with Crippen LogP contribution in [0.15, 0.2) is 48.5 Å². The second-order valence-electron chi connectivity index (χ2n) is 9.43. The highest BCUT2D eigenvalue weighted by Crippen LogP contribution is 2.29. The van der Waals surface area contributed by atoms with Gasteiger partial charge in [-0.2, -0.15) is 0 Å². The third kappa shape index (κ3) is 4.60. The molecule has 1 aromatic heterocycles. The number of aromatic nitrogens is 2. The van der Waals surface area contributed by atoms with Gasteiger partial charge in [0.2, 0.25) is 0 Å². The third-order valence-corrected chi connectivity index (χ3v) is 7.26. The standard InChI is InChI=1S/C28H35N5O/c1-3-31-16-18-32(19-17-31)23-13-14-24(21(2)20-23)29-28(34)26-25-12-8-5-9-15-33(25)27(30-26)22-10-6-4-7-11-22/h4,6-7,10-11,13-14,20H,3,5,8-9,12,15-19H2,1-2H3,(H,29,34). The number of carbonyl (C=O) groups is 1. The average molecular weight is 458 g/mol. The second-order valence-corrected chi connectivity index (χ2v) is 9.43. The van der Waals surface area contributed by atoms with Gasteiger partial charge in [0.05, 0.1) is 5.69 Å². The molecule has 3 heterocycles. The molecule has 1 saturated heterocycles. The Balaban J connectivity index is 1.38. The number of rotatable bonds is 5. The van der Waals surface area contributed by atoms with E-state index in [1.54, 1.807) is 0 Å². The normalized spacial score (nSPS) is 16.7. The maximum absolute atomic E-state index is 13.4. The summed E-state index contributed by atoms with van der Waals surface area (Å²) in [5, 5.41) is 3.17. The van der Waals surface area contributed by atoms with E-state index in [1.807, 2.05) is 24.3 Å². The molecule has 0 bridgehead atoms. The van der Waals surface area contributed by atoms with Crippen molar-refractivity contribution in [1.29, 1.82) is 0 Å². The lowest BCUT2D eigenvalue weighted by molar-refractivity contribution is 0.102. The largest absolute Gasteiger partial charge is 0.369 e. The number of hydrogen-bond donors (Lipinski definition) is 1. The Bertz CT molecular complexity index is 1150. The van der Waals surface area contributed by atoms with Gasteiger partial charge in [0, 0.05) is 49.7 Å². The lowest BCUT2D eigenvalue weighted by Crippen LogP contribution is -2.46. The molecule has 2 aromatic carbocycles. The molecular formula is C28H35N5O. The number of amides is 1. The molecule has 1 N–H and O–H groups in total. The lowest BCUT2D eigenvalue weighted by Gasteiger charge is -2.35. The van der Waals surface area contributed by atoms with Gasteiger partial charge in [-0.1, -0.05) is 43.7 Å². The van der Waals surface area contributed by atoms with Crippen molar-refractivity contribution in [2.45, 2.75) is 46.1 Å². The summed E-state index contributed by atoms with van der Waals surface area (Å²) in [6.45, 7) is 10.6. The summed E-state index contributed by atoms with van der Waals surface area (Å²) in [7, 11) is 0. The van der Waals surface area contributed by atoms with Crippen LogP contribution in [0.1, 0.15) is 47.9 Å². The molecule has 0 saturated carbocycles. The molecule has 0 aliphatic carbocycles. The SMILES string of the molecule is CCN1CCN(c2ccc(NC(=O)c3nc(-c4ccccc4)n4c3CCCCC4)c(C)c2)CC1. The Morgan fingerprint density at radius 3 is 2.50 bits per heavy atom. The van der Waals surface area contributed by atoms with E-state index in [2.05, 4.69) is 57.8 Å². The van der Waals surface area contributed by atoms with Crippen molar-refractivity contribution in [3.63, 3.8) is 0 Å². The maximum Gasteiger partial charge on any atom is 0.276 e. The van der Waals surface area contributed by atoms with Crippen LogP contribution < -0.4 is 10.2 Å². The predicted molar refractivity (Wildman–Crippen MR) is 139 cm³/mol. The molecular weight excluding hydrogens is 422 g/mol. The van der Waals surface area contributed by atoms with Crippen LogP contribution in [0, 0.1) is 6.92 Å². The Kier molecular flexibility index (Phi) is 6.68. The fourth-order valence-electron chi connectivity index (χ4n) is 5.20. The first kappa shape index (κ1) is 22.7. The summed E-state index contributed by atoms with van der Waals surface area (Å²) in [6, 6.07) is 16.6. The number of nitrogens with zero attached hydrogens (tertiary/aromatic N) is 4. The molecule has 1 amide bonds. The second kappa shape index (κ2) is 10.0. The molecule has 0 radical (unpaired) electrons. The van der Waals surface area contributed by atoms with Gasteiger partial charge in [-0.05, 0) is 56.5 Å². The topological polar surface area (TPSA) is 53.4 Å². The predicted octanol–water partition coefficient (Wildman–Crippen LogP) is 4.98. The number of benzene rings is 2. The van der Waals surface area contributed by atoms with Gasteiger partial charge < -0.3 is 19.7 Å². The number of nitrogens with one attached hydrogen (secondary N) is 1. The van der Waals surface area contributed by atoms with Gasteiger partial charge in [-0.3, -0.25) is 4.79 Å². The van der Waals surface area contributed by atoms with Crippen LogP contribution in [0.3, 0.4) is 0 Å².